The Morgan fingerprint density at radius 3 is 3.03 bits per heavy atom. The summed E-state index contributed by atoms with van der Waals surface area (Å²) in [5, 5.41) is 7.86. The molecule has 0 bridgehead atoms. The fraction of sp³-hybridized carbons (Fsp3) is 0.304. The van der Waals surface area contributed by atoms with Gasteiger partial charge in [0, 0.05) is 44.2 Å². The van der Waals surface area contributed by atoms with Gasteiger partial charge in [0.05, 0.1) is 23.7 Å². The lowest BCUT2D eigenvalue weighted by atomic mass is 9.91. The Morgan fingerprint density at radius 1 is 1.35 bits per heavy atom. The number of fused-ring (bicyclic) bond motifs is 3. The molecule has 1 aliphatic carbocycles. The fourth-order valence-electron chi connectivity index (χ4n) is 3.77. The van der Waals surface area contributed by atoms with E-state index in [9.17, 15) is 0 Å². The quantitative estimate of drug-likeness (QED) is 0.348. The Kier molecular flexibility index (Phi) is 6.08. The van der Waals surface area contributed by atoms with Crippen molar-refractivity contribution in [1.29, 1.82) is 0 Å². The highest BCUT2D eigenvalue weighted by Gasteiger charge is 2.27. The first-order valence-corrected chi connectivity index (χ1v) is 10.3. The molecule has 160 valence electrons. The van der Waals surface area contributed by atoms with Crippen LogP contribution in [-0.2, 0) is 24.6 Å². The number of nitrogens with one attached hydrogen (secondary N) is 1. The van der Waals surface area contributed by atoms with E-state index in [1.807, 2.05) is 17.9 Å². The number of ether oxygens (including phenoxy) is 1. The van der Waals surface area contributed by atoms with Crippen LogP contribution in [0.5, 0.6) is 0 Å². The molecular weight excluding hydrogens is 390 g/mol. The molecule has 8 heteroatoms. The van der Waals surface area contributed by atoms with Gasteiger partial charge in [-0.25, -0.2) is 9.97 Å². The molecule has 0 radical (unpaired) electrons. The van der Waals surface area contributed by atoms with E-state index >= 15 is 0 Å². The van der Waals surface area contributed by atoms with E-state index in [4.69, 9.17) is 20.6 Å². The second-order valence-electron chi connectivity index (χ2n) is 7.52. The molecule has 0 unspecified atom stereocenters. The number of benzene rings is 1. The summed E-state index contributed by atoms with van der Waals surface area (Å²) >= 11 is 0. The van der Waals surface area contributed by atoms with Gasteiger partial charge in [-0.15, -0.1) is 0 Å². The van der Waals surface area contributed by atoms with E-state index < -0.39 is 0 Å². The topological polar surface area (TPSA) is 103 Å². The third-order valence-electron chi connectivity index (χ3n) is 5.18. The van der Waals surface area contributed by atoms with E-state index in [0.717, 1.165) is 46.6 Å². The van der Waals surface area contributed by atoms with Crippen LogP contribution in [0.3, 0.4) is 0 Å². The number of hydrogen-bond acceptors (Lipinski definition) is 6. The number of amidine groups is 1. The summed E-state index contributed by atoms with van der Waals surface area (Å²) in [6.45, 7) is 3.41. The van der Waals surface area contributed by atoms with Gasteiger partial charge in [0.25, 0.3) is 5.95 Å². The van der Waals surface area contributed by atoms with Gasteiger partial charge in [-0.3, -0.25) is 4.68 Å². The number of nitrogens with zero attached hydrogens (tertiary/aromatic N) is 5. The second kappa shape index (κ2) is 9.09. The maximum Gasteiger partial charge on any atom is 0.251 e. The molecule has 4 rings (SSSR count). The first-order valence-electron chi connectivity index (χ1n) is 10.3. The normalized spacial score (nSPS) is 13.3. The van der Waals surface area contributed by atoms with Gasteiger partial charge in [0.2, 0.25) is 0 Å². The summed E-state index contributed by atoms with van der Waals surface area (Å²) in [7, 11) is 3.64. The third-order valence-corrected chi connectivity index (χ3v) is 5.18. The minimum absolute atomic E-state index is 0.325. The monoisotopic (exact) mass is 417 g/mol. The number of methoxy groups -OCH3 is 1. The van der Waals surface area contributed by atoms with Crippen LogP contribution in [0.2, 0.25) is 0 Å². The molecule has 31 heavy (non-hydrogen) atoms. The van der Waals surface area contributed by atoms with Crippen LogP contribution in [0.25, 0.3) is 22.5 Å². The predicted octanol–water partition coefficient (Wildman–Crippen LogP) is 2.69. The number of aryl methyl sites for hydroxylation is 4. The Hall–Kier alpha value is -3.52. The van der Waals surface area contributed by atoms with Crippen LogP contribution in [0.4, 0.5) is 5.95 Å². The van der Waals surface area contributed by atoms with Crippen molar-refractivity contribution in [2.45, 2.75) is 19.8 Å². The summed E-state index contributed by atoms with van der Waals surface area (Å²) < 4.78 is 6.94. The second-order valence-corrected chi connectivity index (χ2v) is 7.52. The van der Waals surface area contributed by atoms with Crippen molar-refractivity contribution < 1.29 is 4.74 Å². The summed E-state index contributed by atoms with van der Waals surface area (Å²) in [6, 6.07) is 8.44. The zero-order valence-electron chi connectivity index (χ0n) is 18.1. The predicted molar refractivity (Wildman–Crippen MR) is 122 cm³/mol. The molecule has 1 aromatic carbocycles. The minimum atomic E-state index is 0.325. The van der Waals surface area contributed by atoms with Crippen LogP contribution < -0.4 is 11.1 Å². The van der Waals surface area contributed by atoms with Crippen molar-refractivity contribution in [2.24, 2.45) is 17.8 Å². The lowest BCUT2D eigenvalue weighted by molar-refractivity contribution is 0.203. The van der Waals surface area contributed by atoms with Gasteiger partial charge in [-0.05, 0) is 37.5 Å². The molecule has 2 heterocycles. The number of hydrogen-bond donors (Lipinski definition) is 2. The number of rotatable bonds is 7. The average molecular weight is 418 g/mol. The average Bonchev–Trinajstić information content (AvgIpc) is 3.10. The molecule has 2 aromatic heterocycles. The van der Waals surface area contributed by atoms with Gasteiger partial charge >= 0.3 is 0 Å². The van der Waals surface area contributed by atoms with E-state index in [2.05, 4.69) is 46.5 Å². The first kappa shape index (κ1) is 20.7. The van der Waals surface area contributed by atoms with Gasteiger partial charge in [0.1, 0.15) is 5.84 Å². The molecule has 0 aliphatic heterocycles. The van der Waals surface area contributed by atoms with Crippen molar-refractivity contribution >= 4 is 11.8 Å². The summed E-state index contributed by atoms with van der Waals surface area (Å²) in [6.07, 6.45) is 7.00. The molecular formula is C23H27N7O. The highest BCUT2D eigenvalue weighted by Crippen LogP contribution is 2.39. The largest absolute Gasteiger partial charge is 0.388 e. The maximum atomic E-state index is 6.03. The molecule has 0 spiro atoms. The molecule has 1 aliphatic rings. The summed E-state index contributed by atoms with van der Waals surface area (Å²) in [5.41, 5.74) is 13.5. The Labute approximate surface area is 181 Å². The molecule has 0 atom stereocenters. The minimum Gasteiger partial charge on any atom is -0.388 e. The number of nitrogens with two attached hydrogens (primary N) is 1. The Bertz CT molecular complexity index is 1150. The highest BCUT2D eigenvalue weighted by atomic mass is 16.5. The Balaban J connectivity index is 1.69. The van der Waals surface area contributed by atoms with Crippen LogP contribution in [0, 0.1) is 6.92 Å². The van der Waals surface area contributed by atoms with Crippen molar-refractivity contribution in [3.63, 3.8) is 0 Å². The zero-order valence-corrected chi connectivity index (χ0v) is 18.1. The van der Waals surface area contributed by atoms with Gasteiger partial charge < -0.3 is 15.8 Å². The smallest absolute Gasteiger partial charge is 0.251 e. The van der Waals surface area contributed by atoms with Crippen molar-refractivity contribution in [1.82, 2.24) is 25.1 Å². The summed E-state index contributed by atoms with van der Waals surface area (Å²) in [4.78, 5) is 13.5. The lowest BCUT2D eigenvalue weighted by Gasteiger charge is -2.16. The van der Waals surface area contributed by atoms with E-state index in [1.165, 1.54) is 5.56 Å². The fourth-order valence-corrected chi connectivity index (χ4v) is 3.77. The zero-order chi connectivity index (χ0) is 21.8. The number of aromatic nitrogens is 4. The van der Waals surface area contributed by atoms with E-state index in [1.54, 1.807) is 19.4 Å². The lowest BCUT2D eigenvalue weighted by Crippen LogP contribution is -2.15. The SMILES string of the molecule is COCCN/C=C\C(N)=Nc1ncc2c(n1)-c1c(nn(C)c1-c1cccc(C)c1)CC2. The van der Waals surface area contributed by atoms with Crippen molar-refractivity contribution in [3.8, 4) is 22.5 Å². The molecule has 0 saturated carbocycles. The van der Waals surface area contributed by atoms with Gasteiger partial charge in [-0.1, -0.05) is 23.8 Å². The molecule has 0 fully saturated rings. The van der Waals surface area contributed by atoms with E-state index in [0.29, 0.717) is 24.9 Å². The highest BCUT2D eigenvalue weighted by molar-refractivity contribution is 5.93. The molecule has 3 N–H and O–H groups in total. The van der Waals surface area contributed by atoms with Crippen LogP contribution in [0.1, 0.15) is 16.8 Å². The number of aliphatic imine (C=N–C) groups is 1. The third kappa shape index (κ3) is 4.49. The summed E-state index contributed by atoms with van der Waals surface area (Å²) in [5.74, 6) is 0.663. The maximum absolute atomic E-state index is 6.03. The van der Waals surface area contributed by atoms with Gasteiger partial charge in [0.15, 0.2) is 0 Å². The molecule has 0 saturated heterocycles. The first-order chi connectivity index (χ1) is 15.1. The van der Waals surface area contributed by atoms with Crippen molar-refractivity contribution in [2.75, 3.05) is 20.3 Å². The van der Waals surface area contributed by atoms with Crippen molar-refractivity contribution in [3.05, 3.63) is 59.6 Å². The van der Waals surface area contributed by atoms with Gasteiger partial charge in [-0.2, -0.15) is 10.1 Å². The standard InChI is InChI=1S/C23H27N7O/c1-15-5-4-6-16(13-15)22-20-18(29-30(22)2)8-7-17-14-26-23(28-21(17)20)27-19(24)9-10-25-11-12-31-3/h4-6,9-10,13-14,25H,7-8,11-12H2,1-3H3,(H2,24,26,27,28)/b10-9-. The van der Waals surface area contributed by atoms with Crippen LogP contribution >= 0.6 is 0 Å². The molecule has 0 amide bonds. The molecule has 8 nitrogen and oxygen atoms in total. The molecule has 3 aromatic rings. The van der Waals surface area contributed by atoms with Crippen LogP contribution in [-0.4, -0.2) is 45.8 Å². The van der Waals surface area contributed by atoms with Crippen LogP contribution in [0.15, 0.2) is 47.7 Å². The van der Waals surface area contributed by atoms with E-state index in [-0.39, 0.29) is 0 Å². The Morgan fingerprint density at radius 2 is 2.23 bits per heavy atom.